The van der Waals surface area contributed by atoms with E-state index in [0.29, 0.717) is 6.04 Å². The van der Waals surface area contributed by atoms with Crippen molar-refractivity contribution in [3.8, 4) is 6.19 Å². The van der Waals surface area contributed by atoms with E-state index >= 15 is 0 Å². The van der Waals surface area contributed by atoms with Crippen LogP contribution in [0.15, 0.2) is 0 Å². The van der Waals surface area contributed by atoms with Crippen molar-refractivity contribution >= 4 is 0 Å². The van der Waals surface area contributed by atoms with Gasteiger partial charge in [0, 0.05) is 13.1 Å². The second-order valence-electron chi connectivity index (χ2n) is 3.38. The van der Waals surface area contributed by atoms with Gasteiger partial charge in [-0.1, -0.05) is 13.3 Å². The summed E-state index contributed by atoms with van der Waals surface area (Å²) in [6, 6.07) is 0.508. The zero-order valence-electron chi connectivity index (χ0n) is 7.38. The molecule has 62 valence electrons. The predicted octanol–water partition coefficient (Wildman–Crippen LogP) is 1.98. The molecule has 2 nitrogen and oxygen atoms in total. The fraction of sp³-hybridized carbons (Fsp3) is 0.889. The molecule has 0 spiro atoms. The van der Waals surface area contributed by atoms with Crippen LogP contribution in [0.25, 0.3) is 0 Å². The number of hydrogen-bond acceptors (Lipinski definition) is 2. The van der Waals surface area contributed by atoms with Crippen LogP contribution in [0.1, 0.15) is 32.6 Å². The van der Waals surface area contributed by atoms with Crippen molar-refractivity contribution in [2.45, 2.75) is 38.6 Å². The average molecular weight is 152 g/mol. The third-order valence-electron chi connectivity index (χ3n) is 2.77. The molecule has 0 radical (unpaired) electrons. The van der Waals surface area contributed by atoms with Gasteiger partial charge in [-0.3, -0.25) is 0 Å². The van der Waals surface area contributed by atoms with Crippen LogP contribution in [0.5, 0.6) is 0 Å². The van der Waals surface area contributed by atoms with Gasteiger partial charge >= 0.3 is 0 Å². The standard InChI is InChI=1S/C9H16N2/c1-3-9(11(2)7-10)8-5-4-6-8/h8-9H,3-6H2,1-2H3. The van der Waals surface area contributed by atoms with Crippen molar-refractivity contribution in [2.24, 2.45) is 5.92 Å². The third-order valence-corrected chi connectivity index (χ3v) is 2.77. The molecule has 1 fully saturated rings. The Morgan fingerprint density at radius 1 is 1.64 bits per heavy atom. The second kappa shape index (κ2) is 3.61. The summed E-state index contributed by atoms with van der Waals surface area (Å²) in [7, 11) is 1.90. The van der Waals surface area contributed by atoms with Crippen LogP contribution < -0.4 is 0 Å². The predicted molar refractivity (Wildman–Crippen MR) is 44.8 cm³/mol. The van der Waals surface area contributed by atoms with Crippen LogP contribution in [0.2, 0.25) is 0 Å². The van der Waals surface area contributed by atoms with Crippen LogP contribution in [0.4, 0.5) is 0 Å². The van der Waals surface area contributed by atoms with E-state index in [0.717, 1.165) is 12.3 Å². The average Bonchev–Trinajstić information content (AvgIpc) is 1.94. The molecule has 1 aliphatic carbocycles. The molecule has 2 heteroatoms. The maximum atomic E-state index is 8.68. The molecule has 1 saturated carbocycles. The van der Waals surface area contributed by atoms with E-state index < -0.39 is 0 Å². The van der Waals surface area contributed by atoms with E-state index in [2.05, 4.69) is 13.1 Å². The van der Waals surface area contributed by atoms with Gasteiger partial charge in [0.2, 0.25) is 0 Å². The highest BCUT2D eigenvalue weighted by molar-refractivity contribution is 4.87. The molecule has 0 aliphatic heterocycles. The van der Waals surface area contributed by atoms with E-state index in [9.17, 15) is 0 Å². The van der Waals surface area contributed by atoms with Gasteiger partial charge in [-0.15, -0.1) is 0 Å². The first-order valence-corrected chi connectivity index (χ1v) is 4.42. The molecule has 0 bridgehead atoms. The van der Waals surface area contributed by atoms with Gasteiger partial charge in [-0.25, -0.2) is 0 Å². The van der Waals surface area contributed by atoms with Crippen molar-refractivity contribution < 1.29 is 0 Å². The molecule has 0 aromatic carbocycles. The normalized spacial score (nSPS) is 20.1. The fourth-order valence-corrected chi connectivity index (χ4v) is 1.82. The van der Waals surface area contributed by atoms with E-state index in [1.54, 1.807) is 0 Å². The van der Waals surface area contributed by atoms with Crippen LogP contribution in [-0.4, -0.2) is 18.0 Å². The number of nitriles is 1. The number of rotatable bonds is 3. The van der Waals surface area contributed by atoms with E-state index in [1.165, 1.54) is 19.3 Å². The lowest BCUT2D eigenvalue weighted by Crippen LogP contribution is -2.37. The highest BCUT2D eigenvalue weighted by Gasteiger charge is 2.28. The van der Waals surface area contributed by atoms with Gasteiger partial charge in [-0.05, 0) is 25.2 Å². The minimum absolute atomic E-state index is 0.508. The van der Waals surface area contributed by atoms with E-state index in [4.69, 9.17) is 5.26 Å². The molecule has 0 aromatic rings. The number of nitrogens with zero attached hydrogens (tertiary/aromatic N) is 2. The monoisotopic (exact) mass is 152 g/mol. The zero-order valence-corrected chi connectivity index (χ0v) is 7.38. The quantitative estimate of drug-likeness (QED) is 0.456. The Morgan fingerprint density at radius 2 is 2.27 bits per heavy atom. The van der Waals surface area contributed by atoms with Gasteiger partial charge < -0.3 is 4.90 Å². The van der Waals surface area contributed by atoms with Crippen LogP contribution in [-0.2, 0) is 0 Å². The topological polar surface area (TPSA) is 27.0 Å². The molecule has 0 saturated heterocycles. The summed E-state index contributed by atoms with van der Waals surface area (Å²) in [4.78, 5) is 1.81. The van der Waals surface area contributed by atoms with E-state index in [1.807, 2.05) is 11.9 Å². The van der Waals surface area contributed by atoms with Crippen molar-refractivity contribution in [3.05, 3.63) is 0 Å². The zero-order chi connectivity index (χ0) is 8.27. The molecular formula is C9H16N2. The lowest BCUT2D eigenvalue weighted by Gasteiger charge is -2.36. The maximum absolute atomic E-state index is 8.68. The first kappa shape index (κ1) is 8.39. The van der Waals surface area contributed by atoms with Crippen LogP contribution >= 0.6 is 0 Å². The summed E-state index contributed by atoms with van der Waals surface area (Å²) in [5.41, 5.74) is 0. The molecule has 0 heterocycles. The van der Waals surface area contributed by atoms with Crippen molar-refractivity contribution in [3.63, 3.8) is 0 Å². The van der Waals surface area contributed by atoms with Gasteiger partial charge in [-0.2, -0.15) is 5.26 Å². The summed E-state index contributed by atoms with van der Waals surface area (Å²) in [6.45, 7) is 2.16. The third kappa shape index (κ3) is 1.65. The lowest BCUT2D eigenvalue weighted by atomic mass is 9.78. The summed E-state index contributed by atoms with van der Waals surface area (Å²) in [5.74, 6) is 0.796. The minimum Gasteiger partial charge on any atom is -0.310 e. The van der Waals surface area contributed by atoms with Crippen LogP contribution in [0, 0.1) is 17.4 Å². The van der Waals surface area contributed by atoms with Crippen LogP contribution in [0.3, 0.4) is 0 Å². The fourth-order valence-electron chi connectivity index (χ4n) is 1.82. The smallest absolute Gasteiger partial charge is 0.179 e. The Bertz CT molecular complexity index is 155. The molecule has 1 unspecified atom stereocenters. The highest BCUT2D eigenvalue weighted by Crippen LogP contribution is 2.32. The Balaban J connectivity index is 2.42. The number of hydrogen-bond donors (Lipinski definition) is 0. The molecule has 0 aromatic heterocycles. The Morgan fingerprint density at radius 3 is 2.55 bits per heavy atom. The Labute approximate surface area is 68.8 Å². The van der Waals surface area contributed by atoms with Crippen molar-refractivity contribution in [1.82, 2.24) is 4.90 Å². The largest absolute Gasteiger partial charge is 0.310 e. The van der Waals surface area contributed by atoms with E-state index in [-0.39, 0.29) is 0 Å². The lowest BCUT2D eigenvalue weighted by molar-refractivity contribution is 0.158. The summed E-state index contributed by atoms with van der Waals surface area (Å²) < 4.78 is 0. The molecular weight excluding hydrogens is 136 g/mol. The summed E-state index contributed by atoms with van der Waals surface area (Å²) in [5, 5.41) is 8.68. The second-order valence-corrected chi connectivity index (χ2v) is 3.38. The minimum atomic E-state index is 0.508. The van der Waals surface area contributed by atoms with Gasteiger partial charge in [0.05, 0.1) is 0 Å². The summed E-state index contributed by atoms with van der Waals surface area (Å²) in [6.07, 6.45) is 7.31. The van der Waals surface area contributed by atoms with Gasteiger partial charge in [0.1, 0.15) is 0 Å². The molecule has 1 rings (SSSR count). The molecule has 11 heavy (non-hydrogen) atoms. The van der Waals surface area contributed by atoms with Gasteiger partial charge in [0.15, 0.2) is 6.19 Å². The molecule has 1 aliphatic rings. The van der Waals surface area contributed by atoms with Gasteiger partial charge in [0.25, 0.3) is 0 Å². The maximum Gasteiger partial charge on any atom is 0.179 e. The first-order chi connectivity index (χ1) is 5.29. The Kier molecular flexibility index (Phi) is 2.76. The molecule has 0 amide bonds. The highest BCUT2D eigenvalue weighted by atomic mass is 15.1. The summed E-state index contributed by atoms with van der Waals surface area (Å²) >= 11 is 0. The molecule has 0 N–H and O–H groups in total. The first-order valence-electron chi connectivity index (χ1n) is 4.42. The van der Waals surface area contributed by atoms with Crippen molar-refractivity contribution in [2.75, 3.05) is 7.05 Å². The SMILES string of the molecule is CCC(C1CCC1)N(C)C#N. The van der Waals surface area contributed by atoms with Crippen molar-refractivity contribution in [1.29, 1.82) is 5.26 Å². The Hall–Kier alpha value is -0.710. The molecule has 1 atom stereocenters.